The molecule has 1 aromatic heterocycles. The topological polar surface area (TPSA) is 70.2 Å². The molecule has 0 amide bonds. The SMILES string of the molecule is CCCS(=O)(=O)O.c1cc[nH]c1. The first-order chi connectivity index (χ1) is 5.56. The van der Waals surface area contributed by atoms with Gasteiger partial charge in [-0.15, -0.1) is 0 Å². The Hall–Kier alpha value is -0.810. The van der Waals surface area contributed by atoms with Crippen LogP contribution in [-0.4, -0.2) is 23.7 Å². The zero-order valence-electron chi connectivity index (χ0n) is 6.90. The van der Waals surface area contributed by atoms with Crippen molar-refractivity contribution in [2.24, 2.45) is 0 Å². The van der Waals surface area contributed by atoms with E-state index in [9.17, 15) is 8.42 Å². The van der Waals surface area contributed by atoms with Crippen LogP contribution < -0.4 is 0 Å². The molecule has 1 rings (SSSR count). The molecule has 0 saturated carbocycles. The Balaban J connectivity index is 0.000000211. The number of aromatic nitrogens is 1. The van der Waals surface area contributed by atoms with Crippen molar-refractivity contribution in [1.82, 2.24) is 4.98 Å². The van der Waals surface area contributed by atoms with Crippen molar-refractivity contribution in [2.75, 3.05) is 5.75 Å². The van der Waals surface area contributed by atoms with Crippen LogP contribution in [-0.2, 0) is 10.1 Å². The summed E-state index contributed by atoms with van der Waals surface area (Å²) in [5.74, 6) is -0.132. The Morgan fingerprint density at radius 3 is 1.92 bits per heavy atom. The van der Waals surface area contributed by atoms with Crippen LogP contribution in [0.25, 0.3) is 0 Å². The Kier molecular flexibility index (Phi) is 5.40. The Labute approximate surface area is 72.4 Å². The molecule has 4 nitrogen and oxygen atoms in total. The van der Waals surface area contributed by atoms with E-state index in [4.69, 9.17) is 4.55 Å². The first-order valence-electron chi connectivity index (χ1n) is 3.59. The lowest BCUT2D eigenvalue weighted by Gasteiger charge is -1.85. The second kappa shape index (κ2) is 5.79. The van der Waals surface area contributed by atoms with Gasteiger partial charge in [-0.1, -0.05) is 6.92 Å². The minimum Gasteiger partial charge on any atom is -0.368 e. The average Bonchev–Trinajstić information content (AvgIpc) is 2.38. The maximum absolute atomic E-state index is 9.79. The van der Waals surface area contributed by atoms with Crippen molar-refractivity contribution in [3.05, 3.63) is 24.5 Å². The van der Waals surface area contributed by atoms with Crippen LogP contribution in [0.5, 0.6) is 0 Å². The molecule has 1 aromatic rings. The van der Waals surface area contributed by atoms with Gasteiger partial charge in [0.1, 0.15) is 0 Å². The van der Waals surface area contributed by atoms with Crippen molar-refractivity contribution >= 4 is 10.1 Å². The fourth-order valence-electron chi connectivity index (χ4n) is 0.536. The van der Waals surface area contributed by atoms with Gasteiger partial charge in [0.15, 0.2) is 0 Å². The smallest absolute Gasteiger partial charge is 0.264 e. The molecule has 0 fully saturated rings. The number of hydrogen-bond acceptors (Lipinski definition) is 2. The fraction of sp³-hybridized carbons (Fsp3) is 0.429. The summed E-state index contributed by atoms with van der Waals surface area (Å²) >= 11 is 0. The number of hydrogen-bond donors (Lipinski definition) is 2. The maximum atomic E-state index is 9.79. The molecule has 12 heavy (non-hydrogen) atoms. The summed E-state index contributed by atoms with van der Waals surface area (Å²) in [6.07, 6.45) is 4.22. The normalized spacial score (nSPS) is 10.2. The lowest BCUT2D eigenvalue weighted by molar-refractivity contribution is 0.482. The molecule has 0 unspecified atom stereocenters. The molecule has 0 aliphatic heterocycles. The number of nitrogens with one attached hydrogen (secondary N) is 1. The summed E-state index contributed by atoms with van der Waals surface area (Å²) in [6.45, 7) is 1.69. The molecule has 0 aliphatic carbocycles. The molecule has 2 N–H and O–H groups in total. The second-order valence-electron chi connectivity index (χ2n) is 2.17. The van der Waals surface area contributed by atoms with Crippen LogP contribution in [0, 0.1) is 0 Å². The summed E-state index contributed by atoms with van der Waals surface area (Å²) in [5, 5.41) is 0. The number of H-pyrrole nitrogens is 1. The first-order valence-corrected chi connectivity index (χ1v) is 5.20. The molecular weight excluding hydrogens is 178 g/mol. The van der Waals surface area contributed by atoms with Gasteiger partial charge in [-0.25, -0.2) is 0 Å². The zero-order chi connectivity index (χ0) is 9.45. The molecule has 0 bridgehead atoms. The summed E-state index contributed by atoms with van der Waals surface area (Å²) in [7, 11) is -3.67. The molecule has 0 spiro atoms. The maximum Gasteiger partial charge on any atom is 0.264 e. The van der Waals surface area contributed by atoms with E-state index in [0.717, 1.165) is 0 Å². The van der Waals surface area contributed by atoms with E-state index in [1.54, 1.807) is 6.92 Å². The van der Waals surface area contributed by atoms with Crippen LogP contribution in [0.1, 0.15) is 13.3 Å². The van der Waals surface area contributed by atoms with E-state index in [-0.39, 0.29) is 5.75 Å². The molecular formula is C7H13NO3S. The van der Waals surface area contributed by atoms with Crippen LogP contribution in [0.3, 0.4) is 0 Å². The van der Waals surface area contributed by atoms with Crippen molar-refractivity contribution in [3.8, 4) is 0 Å². The van der Waals surface area contributed by atoms with Gasteiger partial charge in [-0.05, 0) is 18.6 Å². The monoisotopic (exact) mass is 191 g/mol. The van der Waals surface area contributed by atoms with Gasteiger partial charge < -0.3 is 4.98 Å². The first kappa shape index (κ1) is 11.2. The molecule has 0 saturated heterocycles. The van der Waals surface area contributed by atoms with Gasteiger partial charge in [-0.2, -0.15) is 8.42 Å². The summed E-state index contributed by atoms with van der Waals surface area (Å²) < 4.78 is 27.6. The third-order valence-electron chi connectivity index (χ3n) is 0.958. The molecule has 5 heteroatoms. The van der Waals surface area contributed by atoms with Gasteiger partial charge in [0, 0.05) is 12.4 Å². The third-order valence-corrected chi connectivity index (χ3v) is 1.88. The summed E-state index contributed by atoms with van der Waals surface area (Å²) in [6, 6.07) is 3.89. The number of aromatic amines is 1. The minimum absolute atomic E-state index is 0.132. The number of rotatable bonds is 2. The van der Waals surface area contributed by atoms with Crippen molar-refractivity contribution < 1.29 is 13.0 Å². The Bertz CT molecular complexity index is 248. The van der Waals surface area contributed by atoms with E-state index in [0.29, 0.717) is 6.42 Å². The van der Waals surface area contributed by atoms with Gasteiger partial charge in [0.25, 0.3) is 10.1 Å². The molecule has 1 heterocycles. The van der Waals surface area contributed by atoms with Crippen molar-refractivity contribution in [2.45, 2.75) is 13.3 Å². The van der Waals surface area contributed by atoms with Gasteiger partial charge in [-0.3, -0.25) is 4.55 Å². The third kappa shape index (κ3) is 9.19. The molecule has 0 aromatic carbocycles. The van der Waals surface area contributed by atoms with Crippen molar-refractivity contribution in [3.63, 3.8) is 0 Å². The lowest BCUT2D eigenvalue weighted by Crippen LogP contribution is -2.01. The highest BCUT2D eigenvalue weighted by atomic mass is 32.2. The standard InChI is InChI=1S/C4H5N.C3H8O3S/c1-2-4-5-3-1;1-2-3-7(4,5)6/h1-5H;2-3H2,1H3,(H,4,5,6). The van der Waals surface area contributed by atoms with Crippen LogP contribution >= 0.6 is 0 Å². The van der Waals surface area contributed by atoms with E-state index in [1.165, 1.54) is 0 Å². The molecule has 0 atom stereocenters. The van der Waals surface area contributed by atoms with Crippen LogP contribution in [0.2, 0.25) is 0 Å². The molecule has 70 valence electrons. The largest absolute Gasteiger partial charge is 0.368 e. The molecule has 0 aliphatic rings. The van der Waals surface area contributed by atoms with Crippen molar-refractivity contribution in [1.29, 1.82) is 0 Å². The van der Waals surface area contributed by atoms with E-state index in [1.807, 2.05) is 24.5 Å². The Morgan fingerprint density at radius 2 is 1.83 bits per heavy atom. The highest BCUT2D eigenvalue weighted by molar-refractivity contribution is 7.85. The Morgan fingerprint density at radius 1 is 1.33 bits per heavy atom. The van der Waals surface area contributed by atoms with E-state index < -0.39 is 10.1 Å². The zero-order valence-corrected chi connectivity index (χ0v) is 7.71. The lowest BCUT2D eigenvalue weighted by atomic mass is 10.6. The van der Waals surface area contributed by atoms with Gasteiger partial charge in [0.05, 0.1) is 5.75 Å². The average molecular weight is 191 g/mol. The van der Waals surface area contributed by atoms with Crippen LogP contribution in [0.4, 0.5) is 0 Å². The van der Waals surface area contributed by atoms with E-state index >= 15 is 0 Å². The van der Waals surface area contributed by atoms with Gasteiger partial charge in [0.2, 0.25) is 0 Å². The van der Waals surface area contributed by atoms with E-state index in [2.05, 4.69) is 4.98 Å². The second-order valence-corrected chi connectivity index (χ2v) is 3.74. The molecule has 0 radical (unpaired) electrons. The predicted molar refractivity (Wildman–Crippen MR) is 47.5 cm³/mol. The fourth-order valence-corrected chi connectivity index (χ4v) is 1.05. The predicted octanol–water partition coefficient (Wildman–Crippen LogP) is 1.30. The highest BCUT2D eigenvalue weighted by Crippen LogP contribution is 1.83. The van der Waals surface area contributed by atoms with Crippen LogP contribution in [0.15, 0.2) is 24.5 Å². The minimum atomic E-state index is -3.67. The van der Waals surface area contributed by atoms with Gasteiger partial charge >= 0.3 is 0 Å². The summed E-state index contributed by atoms with van der Waals surface area (Å²) in [4.78, 5) is 2.86. The summed E-state index contributed by atoms with van der Waals surface area (Å²) in [5.41, 5.74) is 0. The highest BCUT2D eigenvalue weighted by Gasteiger charge is 1.98. The quantitative estimate of drug-likeness (QED) is 0.692.